The number of carbonyl (C=O) groups is 2. The molecule has 2 rings (SSSR count). The van der Waals surface area contributed by atoms with Gasteiger partial charge in [0.15, 0.2) is 11.5 Å². The van der Waals surface area contributed by atoms with Crippen LogP contribution in [0.4, 0.5) is 0 Å². The SMILES string of the molecule is CCOc1cc(Br)c(CC(=O)NCc2cccc(C(=O)NC(C)CC)c2)cc1OCC. The van der Waals surface area contributed by atoms with Gasteiger partial charge in [-0.25, -0.2) is 0 Å². The molecule has 0 aliphatic carbocycles. The van der Waals surface area contributed by atoms with Crippen LogP contribution in [0.15, 0.2) is 40.9 Å². The van der Waals surface area contributed by atoms with Crippen LogP contribution in [0.2, 0.25) is 0 Å². The van der Waals surface area contributed by atoms with E-state index in [1.807, 2.05) is 52.0 Å². The summed E-state index contributed by atoms with van der Waals surface area (Å²) in [5, 5.41) is 5.87. The summed E-state index contributed by atoms with van der Waals surface area (Å²) in [6.45, 7) is 9.19. The molecular weight excluding hydrogens is 460 g/mol. The average molecular weight is 491 g/mol. The molecule has 0 spiro atoms. The lowest BCUT2D eigenvalue weighted by atomic mass is 10.1. The van der Waals surface area contributed by atoms with E-state index in [1.54, 1.807) is 12.1 Å². The summed E-state index contributed by atoms with van der Waals surface area (Å²) in [6.07, 6.45) is 1.06. The van der Waals surface area contributed by atoms with Crippen LogP contribution in [-0.4, -0.2) is 31.1 Å². The minimum absolute atomic E-state index is 0.107. The Kier molecular flexibility index (Phi) is 9.85. The van der Waals surface area contributed by atoms with E-state index in [4.69, 9.17) is 9.47 Å². The standard InChI is InChI=1S/C24H31BrN2O4/c1-5-16(4)27-24(29)18-10-8-9-17(11-18)15-26-23(28)13-19-12-21(30-6-2)22(31-7-3)14-20(19)25/h8-12,14,16H,5-7,13,15H2,1-4H3,(H,26,28)(H,27,29). The molecule has 0 aromatic heterocycles. The maximum Gasteiger partial charge on any atom is 0.251 e. The third kappa shape index (κ3) is 7.58. The van der Waals surface area contributed by atoms with Gasteiger partial charge in [-0.1, -0.05) is 35.0 Å². The first-order chi connectivity index (χ1) is 14.9. The fourth-order valence-corrected chi connectivity index (χ4v) is 3.38. The average Bonchev–Trinajstić information content (AvgIpc) is 2.75. The highest BCUT2D eigenvalue weighted by Gasteiger charge is 2.14. The Hall–Kier alpha value is -2.54. The van der Waals surface area contributed by atoms with Crippen LogP contribution in [-0.2, 0) is 17.8 Å². The number of carbonyl (C=O) groups excluding carboxylic acids is 2. The molecule has 0 saturated carbocycles. The molecule has 2 N–H and O–H groups in total. The number of amides is 2. The number of rotatable bonds is 11. The Labute approximate surface area is 192 Å². The van der Waals surface area contributed by atoms with Crippen molar-refractivity contribution in [1.29, 1.82) is 0 Å². The number of ether oxygens (including phenoxy) is 2. The largest absolute Gasteiger partial charge is 0.490 e. The molecule has 2 aromatic carbocycles. The number of nitrogens with one attached hydrogen (secondary N) is 2. The maximum absolute atomic E-state index is 12.5. The van der Waals surface area contributed by atoms with Gasteiger partial charge >= 0.3 is 0 Å². The van der Waals surface area contributed by atoms with E-state index < -0.39 is 0 Å². The van der Waals surface area contributed by atoms with Gasteiger partial charge in [-0.05, 0) is 62.6 Å². The zero-order valence-electron chi connectivity index (χ0n) is 18.6. The number of hydrogen-bond acceptors (Lipinski definition) is 4. The van der Waals surface area contributed by atoms with Crippen molar-refractivity contribution in [1.82, 2.24) is 10.6 Å². The van der Waals surface area contributed by atoms with Crippen molar-refractivity contribution in [2.75, 3.05) is 13.2 Å². The molecule has 1 atom stereocenters. The molecule has 0 saturated heterocycles. The Morgan fingerprint density at radius 3 is 2.35 bits per heavy atom. The third-order valence-electron chi connectivity index (χ3n) is 4.73. The second-order valence-corrected chi connectivity index (χ2v) is 8.05. The van der Waals surface area contributed by atoms with Gasteiger partial charge in [-0.15, -0.1) is 0 Å². The highest BCUT2D eigenvalue weighted by molar-refractivity contribution is 9.10. The molecule has 0 fully saturated rings. The van der Waals surface area contributed by atoms with E-state index >= 15 is 0 Å². The molecule has 0 bridgehead atoms. The van der Waals surface area contributed by atoms with Crippen molar-refractivity contribution in [3.05, 3.63) is 57.6 Å². The molecule has 168 valence electrons. The highest BCUT2D eigenvalue weighted by atomic mass is 79.9. The predicted octanol–water partition coefficient (Wildman–Crippen LogP) is 4.63. The zero-order chi connectivity index (χ0) is 22.8. The van der Waals surface area contributed by atoms with Crippen molar-refractivity contribution in [2.24, 2.45) is 0 Å². The lowest BCUT2D eigenvalue weighted by Gasteiger charge is -2.14. The first-order valence-corrected chi connectivity index (χ1v) is 11.4. The summed E-state index contributed by atoms with van der Waals surface area (Å²) in [4.78, 5) is 24.9. The van der Waals surface area contributed by atoms with Gasteiger partial charge in [0.1, 0.15) is 0 Å². The topological polar surface area (TPSA) is 76.7 Å². The summed E-state index contributed by atoms with van der Waals surface area (Å²) < 4.78 is 12.1. The van der Waals surface area contributed by atoms with Crippen LogP contribution in [0.5, 0.6) is 11.5 Å². The summed E-state index contributed by atoms with van der Waals surface area (Å²) in [5.74, 6) is 1.04. The molecule has 2 amide bonds. The summed E-state index contributed by atoms with van der Waals surface area (Å²) in [6, 6.07) is 11.1. The summed E-state index contributed by atoms with van der Waals surface area (Å²) >= 11 is 3.52. The molecule has 0 aliphatic rings. The smallest absolute Gasteiger partial charge is 0.251 e. The number of hydrogen-bond donors (Lipinski definition) is 2. The van der Waals surface area contributed by atoms with Crippen LogP contribution < -0.4 is 20.1 Å². The number of benzene rings is 2. The third-order valence-corrected chi connectivity index (χ3v) is 5.47. The van der Waals surface area contributed by atoms with E-state index in [2.05, 4.69) is 26.6 Å². The molecule has 6 nitrogen and oxygen atoms in total. The fourth-order valence-electron chi connectivity index (χ4n) is 2.92. The van der Waals surface area contributed by atoms with E-state index in [0.29, 0.717) is 36.8 Å². The monoisotopic (exact) mass is 490 g/mol. The van der Waals surface area contributed by atoms with Crippen LogP contribution >= 0.6 is 15.9 Å². The van der Waals surface area contributed by atoms with Gasteiger partial charge in [0.05, 0.1) is 19.6 Å². The van der Waals surface area contributed by atoms with Crippen LogP contribution in [0.3, 0.4) is 0 Å². The molecule has 1 unspecified atom stereocenters. The van der Waals surface area contributed by atoms with Gasteiger partial charge in [0.2, 0.25) is 5.91 Å². The fraction of sp³-hybridized carbons (Fsp3) is 0.417. The zero-order valence-corrected chi connectivity index (χ0v) is 20.2. The van der Waals surface area contributed by atoms with Crippen molar-refractivity contribution in [3.8, 4) is 11.5 Å². The minimum Gasteiger partial charge on any atom is -0.490 e. The lowest BCUT2D eigenvalue weighted by Crippen LogP contribution is -2.32. The molecule has 7 heteroatoms. The van der Waals surface area contributed by atoms with Gasteiger partial charge in [-0.3, -0.25) is 9.59 Å². The predicted molar refractivity (Wildman–Crippen MR) is 126 cm³/mol. The van der Waals surface area contributed by atoms with Gasteiger partial charge in [0.25, 0.3) is 5.91 Å². The lowest BCUT2D eigenvalue weighted by molar-refractivity contribution is -0.120. The second kappa shape index (κ2) is 12.3. The Bertz CT molecular complexity index is 901. The Morgan fingerprint density at radius 2 is 1.71 bits per heavy atom. The Morgan fingerprint density at radius 1 is 1.03 bits per heavy atom. The normalized spacial score (nSPS) is 11.5. The number of halogens is 1. The van der Waals surface area contributed by atoms with Crippen molar-refractivity contribution in [3.63, 3.8) is 0 Å². The first kappa shape index (κ1) is 24.7. The van der Waals surface area contributed by atoms with Gasteiger partial charge < -0.3 is 20.1 Å². The molecule has 0 radical (unpaired) electrons. The van der Waals surface area contributed by atoms with E-state index in [9.17, 15) is 9.59 Å². The van der Waals surface area contributed by atoms with Crippen LogP contribution in [0.25, 0.3) is 0 Å². The van der Waals surface area contributed by atoms with Crippen molar-refractivity contribution < 1.29 is 19.1 Å². The Balaban J connectivity index is 2.01. The summed E-state index contributed by atoms with van der Waals surface area (Å²) in [7, 11) is 0. The van der Waals surface area contributed by atoms with Crippen LogP contribution in [0, 0.1) is 0 Å². The maximum atomic E-state index is 12.5. The van der Waals surface area contributed by atoms with Crippen LogP contribution in [0.1, 0.15) is 55.6 Å². The first-order valence-electron chi connectivity index (χ1n) is 10.6. The van der Waals surface area contributed by atoms with Gasteiger partial charge in [0, 0.05) is 22.6 Å². The molecule has 0 heterocycles. The second-order valence-electron chi connectivity index (χ2n) is 7.19. The van der Waals surface area contributed by atoms with E-state index in [1.165, 1.54) is 0 Å². The van der Waals surface area contributed by atoms with E-state index in [-0.39, 0.29) is 24.3 Å². The molecular formula is C24H31BrN2O4. The van der Waals surface area contributed by atoms with E-state index in [0.717, 1.165) is 22.0 Å². The minimum atomic E-state index is -0.123. The molecule has 2 aromatic rings. The molecule has 31 heavy (non-hydrogen) atoms. The highest BCUT2D eigenvalue weighted by Crippen LogP contribution is 2.34. The van der Waals surface area contributed by atoms with Gasteiger partial charge in [-0.2, -0.15) is 0 Å². The summed E-state index contributed by atoms with van der Waals surface area (Å²) in [5.41, 5.74) is 2.26. The van der Waals surface area contributed by atoms with Crippen molar-refractivity contribution in [2.45, 2.75) is 53.1 Å². The molecule has 0 aliphatic heterocycles. The quantitative estimate of drug-likeness (QED) is 0.481. The van der Waals surface area contributed by atoms with Crippen molar-refractivity contribution >= 4 is 27.7 Å².